The first-order valence-electron chi connectivity index (χ1n) is 6.59. The van der Waals surface area contributed by atoms with Crippen LogP contribution in [0.5, 0.6) is 5.75 Å². The Balaban J connectivity index is 1.91. The molecule has 0 aliphatic carbocycles. The van der Waals surface area contributed by atoms with E-state index in [-0.39, 0.29) is 0 Å². The van der Waals surface area contributed by atoms with Crippen molar-refractivity contribution < 1.29 is 4.74 Å². The van der Waals surface area contributed by atoms with Crippen molar-refractivity contribution in [3.8, 4) is 17.0 Å². The monoisotopic (exact) mass is 263 g/mol. The smallest absolute Gasteiger partial charge is 0.150 e. The summed E-state index contributed by atoms with van der Waals surface area (Å²) in [5.74, 6) is 1.42. The summed E-state index contributed by atoms with van der Waals surface area (Å²) in [6.07, 6.45) is 0.935. The quantitative estimate of drug-likeness (QED) is 0.733. The van der Waals surface area contributed by atoms with Gasteiger partial charge in [0, 0.05) is 12.0 Å². The Kier molecular flexibility index (Phi) is 2.36. The normalized spacial score (nSPS) is 13.2. The highest BCUT2D eigenvalue weighted by atomic mass is 16.5. The second-order valence-electron chi connectivity index (χ2n) is 4.87. The lowest BCUT2D eigenvalue weighted by Gasteiger charge is -2.07. The van der Waals surface area contributed by atoms with E-state index >= 15 is 0 Å². The van der Waals surface area contributed by atoms with Gasteiger partial charge in [0.1, 0.15) is 11.4 Å². The number of hydrogen-bond acceptors (Lipinski definition) is 4. The number of nitrogens with zero attached hydrogens (tertiary/aromatic N) is 2. The molecule has 4 rings (SSSR count). The van der Waals surface area contributed by atoms with Crippen LogP contribution in [0.3, 0.4) is 0 Å². The average Bonchev–Trinajstić information content (AvgIpc) is 2.94. The molecule has 0 unspecified atom stereocenters. The summed E-state index contributed by atoms with van der Waals surface area (Å²) >= 11 is 0. The lowest BCUT2D eigenvalue weighted by Crippen LogP contribution is -1.98. The molecule has 0 spiro atoms. The number of benzene rings is 2. The molecule has 4 nitrogen and oxygen atoms in total. The van der Waals surface area contributed by atoms with Gasteiger partial charge in [0.2, 0.25) is 0 Å². The van der Waals surface area contributed by atoms with Gasteiger partial charge < -0.3 is 10.5 Å². The molecule has 0 bridgehead atoms. The van der Waals surface area contributed by atoms with E-state index in [9.17, 15) is 0 Å². The Morgan fingerprint density at radius 2 is 1.80 bits per heavy atom. The Labute approximate surface area is 116 Å². The standard InChI is InChI=1S/C16H13N3O/c17-16-15(18-12-3-1-2-4-13(12)19-16)11-5-6-14-10(9-11)7-8-20-14/h1-6,9H,7-8H2,(H2,17,19). The molecule has 1 aliphatic heterocycles. The van der Waals surface area contributed by atoms with E-state index in [1.165, 1.54) is 5.56 Å². The van der Waals surface area contributed by atoms with E-state index in [2.05, 4.69) is 16.0 Å². The van der Waals surface area contributed by atoms with Crippen molar-refractivity contribution in [2.75, 3.05) is 12.3 Å². The molecule has 1 aliphatic rings. The van der Waals surface area contributed by atoms with Crippen molar-refractivity contribution in [3.05, 3.63) is 48.0 Å². The van der Waals surface area contributed by atoms with Crippen LogP contribution >= 0.6 is 0 Å². The number of anilines is 1. The van der Waals surface area contributed by atoms with Crippen LogP contribution in [0.15, 0.2) is 42.5 Å². The van der Waals surface area contributed by atoms with Gasteiger partial charge in [-0.1, -0.05) is 12.1 Å². The molecule has 4 heteroatoms. The molecule has 2 heterocycles. The van der Waals surface area contributed by atoms with Gasteiger partial charge in [-0.15, -0.1) is 0 Å². The molecular formula is C16H13N3O. The van der Waals surface area contributed by atoms with Crippen molar-refractivity contribution in [3.63, 3.8) is 0 Å². The molecule has 0 saturated carbocycles. The number of para-hydroxylation sites is 2. The van der Waals surface area contributed by atoms with E-state index in [0.29, 0.717) is 5.82 Å². The largest absolute Gasteiger partial charge is 0.493 e. The number of fused-ring (bicyclic) bond motifs is 2. The third-order valence-corrected chi connectivity index (χ3v) is 3.56. The van der Waals surface area contributed by atoms with Crippen molar-refractivity contribution in [1.82, 2.24) is 9.97 Å². The van der Waals surface area contributed by atoms with Crippen LogP contribution < -0.4 is 10.5 Å². The second-order valence-corrected chi connectivity index (χ2v) is 4.87. The topological polar surface area (TPSA) is 61.0 Å². The summed E-state index contributed by atoms with van der Waals surface area (Å²) < 4.78 is 5.52. The number of nitrogen functional groups attached to an aromatic ring is 1. The Morgan fingerprint density at radius 1 is 1.00 bits per heavy atom. The van der Waals surface area contributed by atoms with Crippen LogP contribution in [-0.4, -0.2) is 16.6 Å². The summed E-state index contributed by atoms with van der Waals surface area (Å²) in [5, 5.41) is 0. The summed E-state index contributed by atoms with van der Waals surface area (Å²) in [5.41, 5.74) is 10.7. The van der Waals surface area contributed by atoms with E-state index < -0.39 is 0 Å². The van der Waals surface area contributed by atoms with Crippen LogP contribution in [0, 0.1) is 0 Å². The average molecular weight is 263 g/mol. The first kappa shape index (κ1) is 11.2. The molecule has 3 aromatic rings. The van der Waals surface area contributed by atoms with Gasteiger partial charge in [0.15, 0.2) is 5.82 Å². The summed E-state index contributed by atoms with van der Waals surface area (Å²) in [6.45, 7) is 0.748. The van der Waals surface area contributed by atoms with E-state index in [1.807, 2.05) is 36.4 Å². The predicted molar refractivity (Wildman–Crippen MR) is 78.6 cm³/mol. The van der Waals surface area contributed by atoms with Crippen molar-refractivity contribution in [1.29, 1.82) is 0 Å². The Morgan fingerprint density at radius 3 is 2.65 bits per heavy atom. The van der Waals surface area contributed by atoms with Crippen molar-refractivity contribution in [2.24, 2.45) is 0 Å². The third kappa shape index (κ3) is 1.69. The van der Waals surface area contributed by atoms with E-state index in [1.54, 1.807) is 0 Å². The molecular weight excluding hydrogens is 250 g/mol. The highest BCUT2D eigenvalue weighted by Gasteiger charge is 2.15. The maximum absolute atomic E-state index is 6.06. The minimum atomic E-state index is 0.461. The number of rotatable bonds is 1. The SMILES string of the molecule is Nc1nc2ccccc2nc1-c1ccc2c(c1)CCO2. The minimum Gasteiger partial charge on any atom is -0.493 e. The molecule has 0 amide bonds. The van der Waals surface area contributed by atoms with Crippen molar-refractivity contribution >= 4 is 16.9 Å². The number of ether oxygens (including phenoxy) is 1. The van der Waals surface area contributed by atoms with Gasteiger partial charge in [-0.2, -0.15) is 0 Å². The molecule has 0 atom stereocenters. The summed E-state index contributed by atoms with van der Waals surface area (Å²) in [7, 11) is 0. The predicted octanol–water partition coefficient (Wildman–Crippen LogP) is 2.81. The van der Waals surface area contributed by atoms with Crippen LogP contribution in [0.25, 0.3) is 22.3 Å². The second kappa shape index (κ2) is 4.20. The maximum atomic E-state index is 6.06. The highest BCUT2D eigenvalue weighted by Crippen LogP contribution is 2.32. The zero-order chi connectivity index (χ0) is 13.5. The number of aromatic nitrogens is 2. The minimum absolute atomic E-state index is 0.461. The molecule has 0 fully saturated rings. The zero-order valence-electron chi connectivity index (χ0n) is 10.8. The van der Waals surface area contributed by atoms with Crippen LogP contribution in [0.1, 0.15) is 5.56 Å². The van der Waals surface area contributed by atoms with E-state index in [4.69, 9.17) is 10.5 Å². The summed E-state index contributed by atoms with van der Waals surface area (Å²) in [6, 6.07) is 13.8. The fourth-order valence-electron chi connectivity index (χ4n) is 2.56. The fourth-order valence-corrected chi connectivity index (χ4v) is 2.56. The maximum Gasteiger partial charge on any atom is 0.150 e. The van der Waals surface area contributed by atoms with Crippen molar-refractivity contribution in [2.45, 2.75) is 6.42 Å². The third-order valence-electron chi connectivity index (χ3n) is 3.56. The van der Waals surface area contributed by atoms with Gasteiger partial charge >= 0.3 is 0 Å². The van der Waals surface area contributed by atoms with Crippen LogP contribution in [0.2, 0.25) is 0 Å². The molecule has 0 radical (unpaired) electrons. The first-order valence-corrected chi connectivity index (χ1v) is 6.59. The molecule has 0 saturated heterocycles. The van der Waals surface area contributed by atoms with E-state index in [0.717, 1.165) is 41.1 Å². The Hall–Kier alpha value is -2.62. The lowest BCUT2D eigenvalue weighted by molar-refractivity contribution is 0.357. The summed E-state index contributed by atoms with van der Waals surface area (Å²) in [4.78, 5) is 9.07. The number of nitrogens with two attached hydrogens (primary N) is 1. The van der Waals surface area contributed by atoms with Gasteiger partial charge in [0.05, 0.1) is 17.6 Å². The van der Waals surface area contributed by atoms with Gasteiger partial charge in [0.25, 0.3) is 0 Å². The highest BCUT2D eigenvalue weighted by molar-refractivity contribution is 5.82. The van der Waals surface area contributed by atoms with Gasteiger partial charge in [-0.25, -0.2) is 9.97 Å². The zero-order valence-corrected chi connectivity index (χ0v) is 10.8. The lowest BCUT2D eigenvalue weighted by atomic mass is 10.1. The molecule has 1 aromatic heterocycles. The molecule has 98 valence electrons. The van der Waals surface area contributed by atoms with Crippen LogP contribution in [0.4, 0.5) is 5.82 Å². The molecule has 20 heavy (non-hydrogen) atoms. The first-order chi connectivity index (χ1) is 9.81. The van der Waals surface area contributed by atoms with Gasteiger partial charge in [-0.05, 0) is 35.9 Å². The molecule has 2 N–H and O–H groups in total. The van der Waals surface area contributed by atoms with Crippen LogP contribution in [-0.2, 0) is 6.42 Å². The fraction of sp³-hybridized carbons (Fsp3) is 0.125. The molecule has 2 aromatic carbocycles. The Bertz CT molecular complexity index is 814. The number of hydrogen-bond donors (Lipinski definition) is 1. The van der Waals surface area contributed by atoms with Gasteiger partial charge in [-0.3, -0.25) is 0 Å².